The molecule has 0 bridgehead atoms. The van der Waals surface area contributed by atoms with Crippen molar-refractivity contribution in [2.24, 2.45) is 0 Å². The molecular formula is C20H23F17O6. The lowest BCUT2D eigenvalue weighted by Gasteiger charge is -2.42. The van der Waals surface area contributed by atoms with Crippen LogP contribution in [0, 0.1) is 0 Å². The molecule has 1 heterocycles. The molecule has 0 radical (unpaired) electrons. The van der Waals surface area contributed by atoms with Crippen LogP contribution in [0.2, 0.25) is 0 Å². The van der Waals surface area contributed by atoms with Crippen LogP contribution >= 0.6 is 0 Å². The van der Waals surface area contributed by atoms with Crippen molar-refractivity contribution in [2.75, 3.05) is 19.8 Å². The van der Waals surface area contributed by atoms with Gasteiger partial charge >= 0.3 is 47.6 Å². The van der Waals surface area contributed by atoms with E-state index in [0.717, 1.165) is 0 Å². The highest BCUT2D eigenvalue weighted by Crippen LogP contribution is 2.64. The van der Waals surface area contributed by atoms with E-state index in [9.17, 15) is 90.0 Å². The van der Waals surface area contributed by atoms with Gasteiger partial charge in [-0.1, -0.05) is 0 Å². The van der Waals surface area contributed by atoms with Gasteiger partial charge in [-0.2, -0.15) is 74.6 Å². The number of ether oxygens (including phenoxy) is 3. The third-order valence-corrected chi connectivity index (χ3v) is 6.12. The first-order valence-corrected chi connectivity index (χ1v) is 11.6. The summed E-state index contributed by atoms with van der Waals surface area (Å²) < 4.78 is 239. The van der Waals surface area contributed by atoms with Crippen molar-refractivity contribution >= 4 is 0 Å². The molecule has 0 saturated carbocycles. The van der Waals surface area contributed by atoms with Crippen LogP contribution in [0.1, 0.15) is 26.2 Å². The van der Waals surface area contributed by atoms with Crippen molar-refractivity contribution in [3.63, 3.8) is 0 Å². The maximum atomic E-state index is 13.8. The van der Waals surface area contributed by atoms with Gasteiger partial charge in [-0.15, -0.1) is 0 Å². The van der Waals surface area contributed by atoms with E-state index in [4.69, 9.17) is 9.47 Å². The normalized spacial score (nSPS) is 25.7. The van der Waals surface area contributed by atoms with Gasteiger partial charge in [0.15, 0.2) is 6.29 Å². The molecule has 0 spiro atoms. The summed E-state index contributed by atoms with van der Waals surface area (Å²) in [4.78, 5) is 0. The number of alkyl halides is 17. The number of aliphatic hydroxyl groups excluding tert-OH is 3. The maximum Gasteiger partial charge on any atom is 0.460 e. The smallest absolute Gasteiger partial charge is 0.388 e. The summed E-state index contributed by atoms with van der Waals surface area (Å²) in [7, 11) is 0. The Morgan fingerprint density at radius 3 is 1.42 bits per heavy atom. The van der Waals surface area contributed by atoms with Crippen molar-refractivity contribution in [1.29, 1.82) is 0 Å². The van der Waals surface area contributed by atoms with Gasteiger partial charge in [-0.05, 0) is 19.8 Å². The van der Waals surface area contributed by atoms with Gasteiger partial charge in [-0.25, -0.2) is 0 Å². The van der Waals surface area contributed by atoms with Crippen molar-refractivity contribution in [1.82, 2.24) is 0 Å². The first kappa shape index (κ1) is 39.6. The summed E-state index contributed by atoms with van der Waals surface area (Å²) in [6, 6.07) is 0. The predicted molar refractivity (Wildman–Crippen MR) is 104 cm³/mol. The highest BCUT2D eigenvalue weighted by molar-refractivity contribution is 5.15. The summed E-state index contributed by atoms with van der Waals surface area (Å²) in [5.41, 5.74) is 0. The average Bonchev–Trinajstić information content (AvgIpc) is 2.85. The first-order chi connectivity index (χ1) is 19.0. The van der Waals surface area contributed by atoms with E-state index < -0.39 is 98.0 Å². The number of aliphatic hydroxyl groups is 3. The number of rotatable bonds is 15. The van der Waals surface area contributed by atoms with Gasteiger partial charge in [0.2, 0.25) is 0 Å². The van der Waals surface area contributed by atoms with Crippen LogP contribution in [-0.4, -0.2) is 113 Å². The zero-order chi connectivity index (χ0) is 34.3. The Morgan fingerprint density at radius 1 is 0.535 bits per heavy atom. The van der Waals surface area contributed by atoms with Crippen molar-refractivity contribution < 1.29 is 104 Å². The summed E-state index contributed by atoms with van der Waals surface area (Å²) >= 11 is 0. The molecule has 6 nitrogen and oxygen atoms in total. The van der Waals surface area contributed by atoms with Crippen LogP contribution < -0.4 is 0 Å². The Balaban J connectivity index is 2.81. The van der Waals surface area contributed by atoms with E-state index in [1.165, 1.54) is 6.92 Å². The third-order valence-electron chi connectivity index (χ3n) is 6.12. The highest BCUT2D eigenvalue weighted by Gasteiger charge is 2.95. The molecule has 0 amide bonds. The van der Waals surface area contributed by atoms with E-state index >= 15 is 0 Å². The van der Waals surface area contributed by atoms with Crippen molar-refractivity contribution in [3.05, 3.63) is 0 Å². The fourth-order valence-electron chi connectivity index (χ4n) is 3.31. The molecule has 0 aromatic heterocycles. The molecule has 3 N–H and O–H groups in total. The molecule has 0 aromatic carbocycles. The lowest BCUT2D eigenvalue weighted by molar-refractivity contribution is -0.462. The quantitative estimate of drug-likeness (QED) is 0.166. The standard InChI is InChI=1S/C20H23F17O6/c1-8-9(38)10(39)11(40)12(43-8)42-6-3-2-5-41-7-4-13(21,22)14(23,24)15(25,26)16(27,28)17(29,30)18(31,32)19(33,34)20(35,36)37/h8-12,38-40H,2-7H2,1H3/t8-,9+,10+,11-,12+/m1/s1. The van der Waals surface area contributed by atoms with Crippen molar-refractivity contribution in [3.8, 4) is 0 Å². The minimum atomic E-state index is -8.67. The summed E-state index contributed by atoms with van der Waals surface area (Å²) in [6.45, 7) is -1.40. The maximum absolute atomic E-state index is 13.8. The van der Waals surface area contributed by atoms with Gasteiger partial charge < -0.3 is 29.5 Å². The average molecular weight is 682 g/mol. The molecule has 0 aromatic rings. The second-order valence-electron chi connectivity index (χ2n) is 9.27. The first-order valence-electron chi connectivity index (χ1n) is 11.6. The van der Waals surface area contributed by atoms with Crippen LogP contribution in [0.3, 0.4) is 0 Å². The van der Waals surface area contributed by atoms with Crippen LogP contribution in [0.25, 0.3) is 0 Å². The number of unbranched alkanes of at least 4 members (excludes halogenated alkanes) is 1. The molecule has 258 valence electrons. The molecular weight excluding hydrogens is 659 g/mol. The molecule has 5 atom stereocenters. The van der Waals surface area contributed by atoms with Gasteiger partial charge in [0.05, 0.1) is 12.7 Å². The molecule has 0 unspecified atom stereocenters. The summed E-state index contributed by atoms with van der Waals surface area (Å²) in [6.07, 6.45) is -18.1. The minimum Gasteiger partial charge on any atom is -0.388 e. The number of hydrogen-bond acceptors (Lipinski definition) is 6. The van der Waals surface area contributed by atoms with Gasteiger partial charge in [0, 0.05) is 19.6 Å². The Morgan fingerprint density at radius 2 is 0.953 bits per heavy atom. The summed E-state index contributed by atoms with van der Waals surface area (Å²) in [5.74, 6) is -56.7. The Labute approximate surface area is 229 Å². The molecule has 1 rings (SSSR count). The van der Waals surface area contributed by atoms with Crippen LogP contribution in [0.4, 0.5) is 74.6 Å². The van der Waals surface area contributed by atoms with E-state index in [1.54, 1.807) is 0 Å². The second kappa shape index (κ2) is 12.8. The van der Waals surface area contributed by atoms with Crippen LogP contribution in [0.15, 0.2) is 0 Å². The molecule has 23 heteroatoms. The van der Waals surface area contributed by atoms with Gasteiger partial charge in [0.25, 0.3) is 0 Å². The molecule has 43 heavy (non-hydrogen) atoms. The fourth-order valence-corrected chi connectivity index (χ4v) is 3.31. The zero-order valence-electron chi connectivity index (χ0n) is 21.1. The van der Waals surface area contributed by atoms with E-state index in [0.29, 0.717) is 0 Å². The molecule has 1 aliphatic rings. The lowest BCUT2D eigenvalue weighted by Crippen LogP contribution is -2.74. The largest absolute Gasteiger partial charge is 0.460 e. The third kappa shape index (κ3) is 6.89. The minimum absolute atomic E-state index is 0.0949. The highest BCUT2D eigenvalue weighted by atomic mass is 19.4. The predicted octanol–water partition coefficient (Wildman–Crippen LogP) is 5.03. The number of halogens is 17. The lowest BCUT2D eigenvalue weighted by atomic mass is 9.88. The Kier molecular flexibility index (Phi) is 11.7. The molecule has 0 aliphatic carbocycles. The Bertz CT molecular complexity index is 913. The second-order valence-corrected chi connectivity index (χ2v) is 9.27. The monoisotopic (exact) mass is 682 g/mol. The Hall–Kier alpha value is -1.43. The van der Waals surface area contributed by atoms with Gasteiger partial charge in [-0.3, -0.25) is 0 Å². The van der Waals surface area contributed by atoms with Crippen molar-refractivity contribution in [2.45, 2.75) is 105 Å². The fraction of sp³-hybridized carbons (Fsp3) is 1.00. The zero-order valence-corrected chi connectivity index (χ0v) is 21.1. The number of hydrogen-bond donors (Lipinski definition) is 3. The van der Waals surface area contributed by atoms with E-state index in [1.807, 2.05) is 0 Å². The van der Waals surface area contributed by atoms with E-state index in [2.05, 4.69) is 4.74 Å². The SMILES string of the molecule is C[C@H]1O[C@H](OCCCCOCCC(F)(F)C(F)(F)C(F)(F)C(F)(F)C(F)(F)C(F)(F)C(F)(F)C(F)(F)F)[C@H](O)[C@@H](O)[C@H]1O. The van der Waals surface area contributed by atoms with Gasteiger partial charge in [0.1, 0.15) is 18.3 Å². The topological polar surface area (TPSA) is 88.4 Å². The molecule has 1 fully saturated rings. The van der Waals surface area contributed by atoms with Crippen LogP contribution in [-0.2, 0) is 14.2 Å². The van der Waals surface area contributed by atoms with Crippen LogP contribution in [0.5, 0.6) is 0 Å². The molecule has 1 aliphatic heterocycles. The molecule has 1 saturated heterocycles. The summed E-state index contributed by atoms with van der Waals surface area (Å²) in [5, 5.41) is 28.9. The van der Waals surface area contributed by atoms with E-state index in [-0.39, 0.29) is 19.4 Å².